The van der Waals surface area contributed by atoms with E-state index in [1.54, 1.807) is 6.34 Å². The fourth-order valence-corrected chi connectivity index (χ4v) is 1.65. The number of hydrogen-bond donors (Lipinski definition) is 2. The van der Waals surface area contributed by atoms with Crippen LogP contribution in [0.3, 0.4) is 0 Å². The van der Waals surface area contributed by atoms with Gasteiger partial charge in [-0.1, -0.05) is 18.2 Å². The predicted octanol–water partition coefficient (Wildman–Crippen LogP) is 2.39. The minimum absolute atomic E-state index is 0.874. The number of nitrogens with zero attached hydrogens (tertiary/aromatic N) is 1. The Labute approximate surface area is 96.3 Å². The molecule has 0 saturated carbocycles. The van der Waals surface area contributed by atoms with E-state index in [1.165, 1.54) is 5.57 Å². The van der Waals surface area contributed by atoms with Crippen LogP contribution in [-0.2, 0) is 0 Å². The van der Waals surface area contributed by atoms with Gasteiger partial charge in [0.15, 0.2) is 0 Å². The van der Waals surface area contributed by atoms with Crippen molar-refractivity contribution in [2.75, 3.05) is 18.4 Å². The topological polar surface area (TPSA) is 36.4 Å². The van der Waals surface area contributed by atoms with Crippen molar-refractivity contribution in [3.05, 3.63) is 41.6 Å². The molecule has 84 valence electrons. The van der Waals surface area contributed by atoms with Gasteiger partial charge in [-0.2, -0.15) is 0 Å². The Kier molecular flexibility index (Phi) is 3.72. The molecule has 0 aliphatic carbocycles. The van der Waals surface area contributed by atoms with Gasteiger partial charge in [-0.15, -0.1) is 0 Å². The summed E-state index contributed by atoms with van der Waals surface area (Å²) in [5.74, 6) is 0. The van der Waals surface area contributed by atoms with E-state index in [0.717, 1.165) is 30.9 Å². The molecule has 1 heterocycles. The van der Waals surface area contributed by atoms with Crippen LogP contribution in [0.15, 0.2) is 46.6 Å². The second kappa shape index (κ2) is 5.47. The van der Waals surface area contributed by atoms with Crippen LogP contribution in [0.2, 0.25) is 0 Å². The van der Waals surface area contributed by atoms with Crippen LogP contribution in [0.25, 0.3) is 0 Å². The van der Waals surface area contributed by atoms with E-state index in [-0.39, 0.29) is 0 Å². The molecule has 0 saturated heterocycles. The lowest BCUT2D eigenvalue weighted by Gasteiger charge is -2.15. The van der Waals surface area contributed by atoms with Gasteiger partial charge in [0.05, 0.1) is 12.0 Å². The van der Waals surface area contributed by atoms with Crippen LogP contribution >= 0.6 is 0 Å². The Bertz CT molecular complexity index is 393. The minimum atomic E-state index is 0.874. The van der Waals surface area contributed by atoms with Crippen molar-refractivity contribution in [1.82, 2.24) is 5.32 Å². The quantitative estimate of drug-likeness (QED) is 0.600. The van der Waals surface area contributed by atoms with Gasteiger partial charge in [-0.05, 0) is 37.6 Å². The van der Waals surface area contributed by atoms with Crippen LogP contribution in [-0.4, -0.2) is 19.4 Å². The van der Waals surface area contributed by atoms with Gasteiger partial charge in [0.2, 0.25) is 0 Å². The molecule has 2 N–H and O–H groups in total. The molecule has 1 aromatic rings. The van der Waals surface area contributed by atoms with Gasteiger partial charge in [-0.3, -0.25) is 0 Å². The molecule has 16 heavy (non-hydrogen) atoms. The Morgan fingerprint density at radius 2 is 2.12 bits per heavy atom. The highest BCUT2D eigenvalue weighted by Crippen LogP contribution is 2.12. The highest BCUT2D eigenvalue weighted by Gasteiger charge is 2.05. The van der Waals surface area contributed by atoms with Crippen molar-refractivity contribution < 1.29 is 0 Å². The zero-order chi connectivity index (χ0) is 11.2. The number of anilines is 1. The monoisotopic (exact) mass is 215 g/mol. The lowest BCUT2D eigenvalue weighted by atomic mass is 10.1. The molecular formula is C13H17N3. The summed E-state index contributed by atoms with van der Waals surface area (Å²) >= 11 is 0. The summed E-state index contributed by atoms with van der Waals surface area (Å²) in [7, 11) is 0. The SMILES string of the molecule is CC1=C(N=CNc2ccccc2)CNCC1. The Balaban J connectivity index is 1.95. The lowest BCUT2D eigenvalue weighted by Crippen LogP contribution is -2.23. The number of hydrogen-bond acceptors (Lipinski definition) is 2. The largest absolute Gasteiger partial charge is 0.346 e. The third-order valence-electron chi connectivity index (χ3n) is 2.69. The fourth-order valence-electron chi connectivity index (χ4n) is 1.65. The number of rotatable bonds is 3. The highest BCUT2D eigenvalue weighted by molar-refractivity contribution is 5.76. The Hall–Kier alpha value is -1.61. The van der Waals surface area contributed by atoms with Crippen molar-refractivity contribution >= 4 is 12.0 Å². The van der Waals surface area contributed by atoms with Crippen LogP contribution in [0.1, 0.15) is 13.3 Å². The lowest BCUT2D eigenvalue weighted by molar-refractivity contribution is 0.672. The zero-order valence-corrected chi connectivity index (χ0v) is 9.53. The van der Waals surface area contributed by atoms with Crippen molar-refractivity contribution in [2.45, 2.75) is 13.3 Å². The molecule has 0 aromatic heterocycles. The van der Waals surface area contributed by atoms with Crippen molar-refractivity contribution in [1.29, 1.82) is 0 Å². The van der Waals surface area contributed by atoms with E-state index >= 15 is 0 Å². The maximum absolute atomic E-state index is 4.44. The third-order valence-corrected chi connectivity index (χ3v) is 2.69. The van der Waals surface area contributed by atoms with E-state index in [1.807, 2.05) is 30.3 Å². The van der Waals surface area contributed by atoms with Crippen LogP contribution in [0.4, 0.5) is 5.69 Å². The van der Waals surface area contributed by atoms with E-state index in [2.05, 4.69) is 22.5 Å². The maximum Gasteiger partial charge on any atom is 0.0926 e. The molecule has 1 aromatic carbocycles. The molecule has 1 aliphatic heterocycles. The molecule has 1 aliphatic rings. The van der Waals surface area contributed by atoms with Crippen LogP contribution in [0, 0.1) is 0 Å². The first-order valence-electron chi connectivity index (χ1n) is 5.60. The van der Waals surface area contributed by atoms with E-state index in [4.69, 9.17) is 0 Å². The van der Waals surface area contributed by atoms with Crippen LogP contribution < -0.4 is 10.6 Å². The Morgan fingerprint density at radius 3 is 2.88 bits per heavy atom. The first kappa shape index (κ1) is 10.9. The van der Waals surface area contributed by atoms with E-state index in [0.29, 0.717) is 0 Å². The molecular weight excluding hydrogens is 198 g/mol. The summed E-state index contributed by atoms with van der Waals surface area (Å²) in [6.07, 6.45) is 2.86. The average Bonchev–Trinajstić information content (AvgIpc) is 2.33. The smallest absolute Gasteiger partial charge is 0.0926 e. The number of para-hydroxylation sites is 1. The second-order valence-corrected chi connectivity index (χ2v) is 3.92. The minimum Gasteiger partial charge on any atom is -0.346 e. The molecule has 2 rings (SSSR count). The standard InChI is InChI=1S/C13H17N3/c1-11-7-8-14-9-13(11)16-10-15-12-5-3-2-4-6-12/h2-6,10,14H,7-9H2,1H3,(H,15,16). The van der Waals surface area contributed by atoms with Gasteiger partial charge in [0, 0.05) is 12.2 Å². The zero-order valence-electron chi connectivity index (χ0n) is 9.53. The number of benzene rings is 1. The molecule has 0 unspecified atom stereocenters. The highest BCUT2D eigenvalue weighted by atomic mass is 15.0. The second-order valence-electron chi connectivity index (χ2n) is 3.92. The van der Waals surface area contributed by atoms with Crippen molar-refractivity contribution in [2.24, 2.45) is 4.99 Å². The van der Waals surface area contributed by atoms with Gasteiger partial charge in [0.1, 0.15) is 0 Å². The molecule has 0 spiro atoms. The normalized spacial score (nSPS) is 16.8. The molecule has 0 fully saturated rings. The van der Waals surface area contributed by atoms with Crippen LogP contribution in [0.5, 0.6) is 0 Å². The summed E-state index contributed by atoms with van der Waals surface area (Å²) in [6, 6.07) is 10.0. The van der Waals surface area contributed by atoms with Gasteiger partial charge >= 0.3 is 0 Å². The molecule has 3 nitrogen and oxygen atoms in total. The summed E-state index contributed by atoms with van der Waals surface area (Å²) in [6.45, 7) is 4.09. The molecule has 0 atom stereocenters. The Morgan fingerprint density at radius 1 is 1.31 bits per heavy atom. The van der Waals surface area contributed by atoms with Gasteiger partial charge in [0.25, 0.3) is 0 Å². The van der Waals surface area contributed by atoms with Gasteiger partial charge in [-0.25, -0.2) is 4.99 Å². The first-order chi connectivity index (χ1) is 7.86. The summed E-state index contributed by atoms with van der Waals surface area (Å²) < 4.78 is 0. The summed E-state index contributed by atoms with van der Waals surface area (Å²) in [5.41, 5.74) is 3.59. The predicted molar refractivity (Wildman–Crippen MR) is 68.7 cm³/mol. The van der Waals surface area contributed by atoms with Crippen molar-refractivity contribution in [3.63, 3.8) is 0 Å². The van der Waals surface area contributed by atoms with Gasteiger partial charge < -0.3 is 10.6 Å². The first-order valence-corrected chi connectivity index (χ1v) is 5.60. The molecule has 3 heteroatoms. The average molecular weight is 215 g/mol. The molecule has 0 amide bonds. The fraction of sp³-hybridized carbons (Fsp3) is 0.308. The van der Waals surface area contributed by atoms with E-state index in [9.17, 15) is 0 Å². The number of nitrogens with one attached hydrogen (secondary N) is 2. The molecule has 0 radical (unpaired) electrons. The summed E-state index contributed by atoms with van der Waals surface area (Å²) in [4.78, 5) is 4.44. The number of aliphatic imine (C=N–C) groups is 1. The third kappa shape index (κ3) is 2.94. The molecule has 0 bridgehead atoms. The van der Waals surface area contributed by atoms with Crippen molar-refractivity contribution in [3.8, 4) is 0 Å². The summed E-state index contributed by atoms with van der Waals surface area (Å²) in [5, 5.41) is 6.47. The van der Waals surface area contributed by atoms with E-state index < -0.39 is 0 Å². The maximum atomic E-state index is 4.44.